The van der Waals surface area contributed by atoms with Gasteiger partial charge in [-0.1, -0.05) is 0 Å². The average Bonchev–Trinajstić information content (AvgIpc) is 2.03. The van der Waals surface area contributed by atoms with Crippen molar-refractivity contribution in [1.29, 1.82) is 0 Å². The van der Waals surface area contributed by atoms with Gasteiger partial charge < -0.3 is 0 Å². The monoisotopic (exact) mass is 276 g/mol. The molecule has 82 valence electrons. The number of hydrogen-bond donors (Lipinski definition) is 0. The van der Waals surface area contributed by atoms with Crippen LogP contribution >= 0.6 is 0 Å². The number of unbranched alkanes of at least 4 members (excludes halogenated alkanes) is 2. The fourth-order valence-electron chi connectivity index (χ4n) is 0.558. The van der Waals surface area contributed by atoms with E-state index >= 15 is 0 Å². The zero-order valence-electron chi connectivity index (χ0n) is 8.38. The summed E-state index contributed by atoms with van der Waals surface area (Å²) >= 11 is -0.876. The maximum absolute atomic E-state index is 5.37. The van der Waals surface area contributed by atoms with Gasteiger partial charge in [0.15, 0.2) is 0 Å². The Hall–Kier alpha value is 0.663. The molecule has 0 aromatic rings. The average molecular weight is 277 g/mol. The van der Waals surface area contributed by atoms with Crippen LogP contribution in [-0.2, 0) is 29.7 Å². The topological polar surface area (TPSA) is 18.5 Å². The Morgan fingerprint density at radius 1 is 0.846 bits per heavy atom. The van der Waals surface area contributed by atoms with Crippen LogP contribution in [0.2, 0.25) is 0 Å². The zero-order chi connectivity index (χ0) is 8.36. The molecule has 2 nitrogen and oxygen atoms in total. The molecule has 0 bridgehead atoms. The molecule has 0 saturated heterocycles. The predicted octanol–water partition coefficient (Wildman–Crippen LogP) is 2.84. The molecule has 0 heterocycles. The molecule has 0 saturated carbocycles. The summed E-state index contributed by atoms with van der Waals surface area (Å²) in [5.74, 6) is 0. The minimum Gasteiger partial charge on any atom is -0.269 e. The van der Waals surface area contributed by atoms with Gasteiger partial charge in [-0.05, 0) is 0 Å². The molecule has 0 fully saturated rings. The van der Waals surface area contributed by atoms with Crippen molar-refractivity contribution in [2.75, 3.05) is 13.2 Å². The summed E-state index contributed by atoms with van der Waals surface area (Å²) in [6, 6.07) is 0. The summed E-state index contributed by atoms with van der Waals surface area (Å²) < 4.78 is 10.7. The first-order valence-corrected chi connectivity index (χ1v) is 6.41. The third kappa shape index (κ3) is 19.2. The van der Waals surface area contributed by atoms with Crippen molar-refractivity contribution >= 4 is 0 Å². The molecule has 0 aromatic carbocycles. The third-order valence-electron chi connectivity index (χ3n) is 1.32. The molecule has 0 unspecified atom stereocenters. The van der Waals surface area contributed by atoms with Crippen LogP contribution in [0, 0.1) is 0 Å². The maximum atomic E-state index is 5.37. The summed E-state index contributed by atoms with van der Waals surface area (Å²) in [5.41, 5.74) is 0. The quantitative estimate of drug-likeness (QED) is 0.635. The van der Waals surface area contributed by atoms with E-state index in [0.717, 1.165) is 13.2 Å². The SMILES string of the molecule is CCCC[O][Zr][O]CCCC.F.F. The van der Waals surface area contributed by atoms with Gasteiger partial charge in [0.1, 0.15) is 0 Å². The Morgan fingerprint density at radius 2 is 1.23 bits per heavy atom. The minimum absolute atomic E-state index is 0. The van der Waals surface area contributed by atoms with Crippen LogP contribution in [0.15, 0.2) is 0 Å². The molecule has 5 heteroatoms. The second kappa shape index (κ2) is 18.4. The molecule has 0 amide bonds. The standard InChI is InChI=1S/2C4H9O.2FH.Zr/c2*1-2-3-4-5;;;/h2*2-4H2,1H3;2*1H;/q2*-1;;;+2. The van der Waals surface area contributed by atoms with Crippen LogP contribution in [0.25, 0.3) is 0 Å². The molecule has 0 aliphatic carbocycles. The minimum atomic E-state index is -0.876. The van der Waals surface area contributed by atoms with Gasteiger partial charge >= 0.3 is 82.5 Å². The zero-order valence-corrected chi connectivity index (χ0v) is 10.8. The fraction of sp³-hybridized carbons (Fsp3) is 1.00. The van der Waals surface area contributed by atoms with Crippen LogP contribution in [-0.4, -0.2) is 13.2 Å². The fourth-order valence-corrected chi connectivity index (χ4v) is 1.88. The smallest absolute Gasteiger partial charge is 0.269 e. The molecule has 0 spiro atoms. The first-order valence-electron chi connectivity index (χ1n) is 4.40. The second-order valence-electron chi connectivity index (χ2n) is 2.49. The Labute approximate surface area is 91.9 Å². The van der Waals surface area contributed by atoms with Gasteiger partial charge in [0.05, 0.1) is 0 Å². The van der Waals surface area contributed by atoms with Crippen LogP contribution < -0.4 is 0 Å². The number of halogens is 2. The summed E-state index contributed by atoms with van der Waals surface area (Å²) in [7, 11) is 0. The maximum Gasteiger partial charge on any atom is -0.269 e. The number of rotatable bonds is 8. The molecule has 13 heavy (non-hydrogen) atoms. The molecule has 0 aromatic heterocycles. The molecule has 0 N–H and O–H groups in total. The first kappa shape index (κ1) is 19.3. The van der Waals surface area contributed by atoms with Crippen LogP contribution in [0.5, 0.6) is 0 Å². The number of hydrogen-bond acceptors (Lipinski definition) is 2. The summed E-state index contributed by atoms with van der Waals surface area (Å²) in [6.07, 6.45) is 4.79. The predicted molar refractivity (Wildman–Crippen MR) is 46.7 cm³/mol. The molecular weight excluding hydrogens is 257 g/mol. The van der Waals surface area contributed by atoms with E-state index < -0.39 is 24.1 Å². The Morgan fingerprint density at radius 3 is 1.54 bits per heavy atom. The molecule has 0 atom stereocenters. The van der Waals surface area contributed by atoms with E-state index in [4.69, 9.17) is 5.63 Å². The summed E-state index contributed by atoms with van der Waals surface area (Å²) in [5, 5.41) is 0. The van der Waals surface area contributed by atoms with Crippen molar-refractivity contribution in [2.24, 2.45) is 0 Å². The van der Waals surface area contributed by atoms with E-state index in [-0.39, 0.29) is 9.41 Å². The van der Waals surface area contributed by atoms with Gasteiger partial charge in [-0.2, -0.15) is 0 Å². The summed E-state index contributed by atoms with van der Waals surface area (Å²) in [4.78, 5) is 0. The van der Waals surface area contributed by atoms with Crippen molar-refractivity contribution in [3.05, 3.63) is 0 Å². The van der Waals surface area contributed by atoms with Crippen LogP contribution in [0.1, 0.15) is 39.5 Å². The van der Waals surface area contributed by atoms with Crippen molar-refractivity contribution < 1.29 is 39.2 Å². The van der Waals surface area contributed by atoms with Crippen LogP contribution in [0.4, 0.5) is 9.41 Å². The molecule has 0 aliphatic heterocycles. The van der Waals surface area contributed by atoms with Gasteiger partial charge in [-0.15, -0.1) is 0 Å². The van der Waals surface area contributed by atoms with Gasteiger partial charge in [0, 0.05) is 0 Å². The van der Waals surface area contributed by atoms with Crippen molar-refractivity contribution in [3.63, 3.8) is 0 Å². The normalized spacial score (nSPS) is 8.46. The van der Waals surface area contributed by atoms with E-state index in [2.05, 4.69) is 13.8 Å². The summed E-state index contributed by atoms with van der Waals surface area (Å²) in [6.45, 7) is 6.17. The van der Waals surface area contributed by atoms with E-state index in [1.165, 1.54) is 25.7 Å². The Balaban J connectivity index is -0.000000500. The van der Waals surface area contributed by atoms with Crippen LogP contribution in [0.3, 0.4) is 0 Å². The molecule has 0 radical (unpaired) electrons. The Bertz CT molecular complexity index is 69.2. The van der Waals surface area contributed by atoms with Crippen molar-refractivity contribution in [2.45, 2.75) is 39.5 Å². The van der Waals surface area contributed by atoms with E-state index in [1.54, 1.807) is 0 Å². The second-order valence-corrected chi connectivity index (χ2v) is 4.32. The van der Waals surface area contributed by atoms with Crippen molar-refractivity contribution in [1.82, 2.24) is 0 Å². The van der Waals surface area contributed by atoms with Gasteiger partial charge in [0.25, 0.3) is 0 Å². The van der Waals surface area contributed by atoms with Gasteiger partial charge in [-0.3, -0.25) is 9.41 Å². The third-order valence-corrected chi connectivity index (χ3v) is 2.90. The Kier molecular flexibility index (Phi) is 27.3. The van der Waals surface area contributed by atoms with E-state index in [9.17, 15) is 0 Å². The molecule has 0 rings (SSSR count). The van der Waals surface area contributed by atoms with Crippen molar-refractivity contribution in [3.8, 4) is 0 Å². The molecular formula is C8H20F2O2Zr. The van der Waals surface area contributed by atoms with Gasteiger partial charge in [0.2, 0.25) is 0 Å². The van der Waals surface area contributed by atoms with E-state index in [1.807, 2.05) is 0 Å². The van der Waals surface area contributed by atoms with Gasteiger partial charge in [-0.25, -0.2) is 0 Å². The van der Waals surface area contributed by atoms with E-state index in [0.29, 0.717) is 0 Å². The first-order chi connectivity index (χ1) is 5.41. The molecule has 0 aliphatic rings. The largest absolute Gasteiger partial charge is 0.269 e.